The Hall–Kier alpha value is -3.01. The lowest BCUT2D eigenvalue weighted by Crippen LogP contribution is -2.14. The van der Waals surface area contributed by atoms with Gasteiger partial charge in [-0.2, -0.15) is 0 Å². The molecule has 0 amide bonds. The normalized spacial score (nSPS) is 18.2. The molecular formula is C31H33F3O. The Balaban J connectivity index is 1.46. The Morgan fingerprint density at radius 1 is 0.829 bits per heavy atom. The molecule has 35 heavy (non-hydrogen) atoms. The lowest BCUT2D eigenvalue weighted by atomic mass is 9.77. The third-order valence-electron chi connectivity index (χ3n) is 7.06. The molecule has 0 N–H and O–H groups in total. The van der Waals surface area contributed by atoms with Crippen molar-refractivity contribution in [2.75, 3.05) is 6.61 Å². The smallest absolute Gasteiger partial charge is 0.166 e. The summed E-state index contributed by atoms with van der Waals surface area (Å²) in [6.07, 6.45) is 9.92. The first-order chi connectivity index (χ1) is 17.0. The van der Waals surface area contributed by atoms with Crippen molar-refractivity contribution in [3.63, 3.8) is 0 Å². The zero-order valence-corrected chi connectivity index (χ0v) is 20.5. The van der Waals surface area contributed by atoms with Crippen molar-refractivity contribution >= 4 is 12.2 Å². The number of hydrogen-bond donors (Lipinski definition) is 0. The molecule has 0 spiro atoms. The Morgan fingerprint density at radius 3 is 2.23 bits per heavy atom. The van der Waals surface area contributed by atoms with Crippen LogP contribution in [0.1, 0.15) is 75.0 Å². The van der Waals surface area contributed by atoms with Crippen LogP contribution >= 0.6 is 0 Å². The summed E-state index contributed by atoms with van der Waals surface area (Å²) < 4.78 is 49.7. The van der Waals surface area contributed by atoms with Crippen LogP contribution in [0.25, 0.3) is 23.3 Å². The molecule has 0 aromatic heterocycles. The molecule has 0 bridgehead atoms. The topological polar surface area (TPSA) is 9.23 Å². The third kappa shape index (κ3) is 5.98. The van der Waals surface area contributed by atoms with Gasteiger partial charge in [-0.1, -0.05) is 68.3 Å². The SMILES string of the molecule is CCCC1CCC(c2ccc(-c3ccc(C=Cc4ccc(OCC)cc4F)cc3)c(F)c2F)CC1. The van der Waals surface area contributed by atoms with E-state index in [4.69, 9.17) is 4.74 Å². The minimum atomic E-state index is -0.780. The Kier molecular flexibility index (Phi) is 8.33. The lowest BCUT2D eigenvalue weighted by Gasteiger charge is -2.29. The van der Waals surface area contributed by atoms with Gasteiger partial charge in [-0.25, -0.2) is 13.2 Å². The highest BCUT2D eigenvalue weighted by Gasteiger charge is 2.26. The molecule has 184 valence electrons. The van der Waals surface area contributed by atoms with Crippen LogP contribution in [0.2, 0.25) is 0 Å². The molecule has 1 aliphatic rings. The van der Waals surface area contributed by atoms with Gasteiger partial charge in [-0.3, -0.25) is 0 Å². The van der Waals surface area contributed by atoms with E-state index in [9.17, 15) is 4.39 Å². The van der Waals surface area contributed by atoms with Gasteiger partial charge in [0, 0.05) is 17.2 Å². The molecule has 0 saturated heterocycles. The van der Waals surface area contributed by atoms with E-state index in [1.54, 1.807) is 48.6 Å². The average molecular weight is 479 g/mol. The fraction of sp³-hybridized carbons (Fsp3) is 0.355. The highest BCUT2D eigenvalue weighted by atomic mass is 19.2. The molecule has 1 aliphatic carbocycles. The van der Waals surface area contributed by atoms with Gasteiger partial charge in [0.2, 0.25) is 0 Å². The molecule has 3 aromatic carbocycles. The molecule has 1 nitrogen and oxygen atoms in total. The van der Waals surface area contributed by atoms with Gasteiger partial charge >= 0.3 is 0 Å². The fourth-order valence-electron chi connectivity index (χ4n) is 5.13. The van der Waals surface area contributed by atoms with Gasteiger partial charge in [-0.15, -0.1) is 0 Å². The van der Waals surface area contributed by atoms with Crippen molar-refractivity contribution in [1.82, 2.24) is 0 Å². The van der Waals surface area contributed by atoms with Crippen molar-refractivity contribution in [3.8, 4) is 16.9 Å². The van der Waals surface area contributed by atoms with Gasteiger partial charge in [0.1, 0.15) is 11.6 Å². The fourth-order valence-corrected chi connectivity index (χ4v) is 5.13. The minimum absolute atomic E-state index is 0.0992. The van der Waals surface area contributed by atoms with Crippen molar-refractivity contribution in [1.29, 1.82) is 0 Å². The monoisotopic (exact) mass is 478 g/mol. The summed E-state index contributed by atoms with van der Waals surface area (Å²) in [6, 6.07) is 15.4. The molecule has 4 rings (SSSR count). The summed E-state index contributed by atoms with van der Waals surface area (Å²) >= 11 is 0. The number of benzene rings is 3. The highest BCUT2D eigenvalue weighted by Crippen LogP contribution is 2.40. The van der Waals surface area contributed by atoms with Crippen molar-refractivity contribution < 1.29 is 17.9 Å². The predicted octanol–water partition coefficient (Wildman–Crippen LogP) is 9.41. The maximum atomic E-state index is 15.1. The summed E-state index contributed by atoms with van der Waals surface area (Å²) in [5, 5.41) is 0. The molecule has 1 saturated carbocycles. The van der Waals surface area contributed by atoms with Crippen molar-refractivity contribution in [2.24, 2.45) is 5.92 Å². The third-order valence-corrected chi connectivity index (χ3v) is 7.06. The van der Waals surface area contributed by atoms with E-state index in [2.05, 4.69) is 6.92 Å². The molecule has 0 unspecified atom stereocenters. The van der Waals surface area contributed by atoms with Crippen LogP contribution in [0.5, 0.6) is 5.75 Å². The van der Waals surface area contributed by atoms with Gasteiger partial charge in [0.25, 0.3) is 0 Å². The van der Waals surface area contributed by atoms with Crippen LogP contribution in [0, 0.1) is 23.4 Å². The summed E-state index contributed by atoms with van der Waals surface area (Å²) in [5.74, 6) is -0.533. The van der Waals surface area contributed by atoms with E-state index >= 15 is 8.78 Å². The molecule has 0 radical (unpaired) electrons. The molecule has 3 aromatic rings. The van der Waals surface area contributed by atoms with Crippen LogP contribution in [-0.2, 0) is 0 Å². The maximum absolute atomic E-state index is 15.1. The molecule has 1 fully saturated rings. The second-order valence-electron chi connectivity index (χ2n) is 9.41. The highest BCUT2D eigenvalue weighted by molar-refractivity contribution is 5.73. The first kappa shape index (κ1) is 25.1. The van der Waals surface area contributed by atoms with Crippen molar-refractivity contribution in [3.05, 3.63) is 88.7 Å². The zero-order chi connectivity index (χ0) is 24.8. The Morgan fingerprint density at radius 2 is 1.57 bits per heavy atom. The van der Waals surface area contributed by atoms with Gasteiger partial charge in [0.05, 0.1) is 6.61 Å². The number of halogens is 3. The first-order valence-electron chi connectivity index (χ1n) is 12.7. The van der Waals surface area contributed by atoms with Gasteiger partial charge in [0.15, 0.2) is 11.6 Å². The van der Waals surface area contributed by atoms with Crippen molar-refractivity contribution in [2.45, 2.75) is 58.3 Å². The quantitative estimate of drug-likeness (QED) is 0.293. The molecule has 0 aliphatic heterocycles. The summed E-state index contributed by atoms with van der Waals surface area (Å²) in [5.41, 5.74) is 2.68. The van der Waals surface area contributed by atoms with E-state index in [0.717, 1.165) is 37.2 Å². The number of ether oxygens (including phenoxy) is 1. The Labute approximate surface area is 206 Å². The van der Waals surface area contributed by atoms with E-state index < -0.39 is 11.6 Å². The lowest BCUT2D eigenvalue weighted by molar-refractivity contribution is 0.303. The van der Waals surface area contributed by atoms with Crippen LogP contribution in [0.4, 0.5) is 13.2 Å². The Bertz CT molecular complexity index is 1160. The zero-order valence-electron chi connectivity index (χ0n) is 20.5. The van der Waals surface area contributed by atoms with Gasteiger partial charge < -0.3 is 4.74 Å². The minimum Gasteiger partial charge on any atom is -0.494 e. The molecule has 0 atom stereocenters. The predicted molar refractivity (Wildman–Crippen MR) is 138 cm³/mol. The van der Waals surface area contributed by atoms with E-state index in [0.29, 0.717) is 29.0 Å². The summed E-state index contributed by atoms with van der Waals surface area (Å²) in [4.78, 5) is 0. The standard InChI is InChI=1S/C31H33F3O/c1-3-5-21-6-11-23(12-7-21)27-18-19-28(31(34)30(27)33)24-13-8-22(9-14-24)10-15-25-16-17-26(35-4-2)20-29(25)32/h8-10,13-21,23H,3-7,11-12H2,1-2H3. The average Bonchev–Trinajstić information content (AvgIpc) is 2.87. The van der Waals surface area contributed by atoms with E-state index in [1.807, 2.05) is 19.1 Å². The summed E-state index contributed by atoms with van der Waals surface area (Å²) in [7, 11) is 0. The number of hydrogen-bond acceptors (Lipinski definition) is 1. The molecule has 0 heterocycles. The second-order valence-corrected chi connectivity index (χ2v) is 9.41. The largest absolute Gasteiger partial charge is 0.494 e. The van der Waals surface area contributed by atoms with Crippen LogP contribution in [-0.4, -0.2) is 6.61 Å². The molecular weight excluding hydrogens is 445 g/mol. The summed E-state index contributed by atoms with van der Waals surface area (Å²) in [6.45, 7) is 4.53. The van der Waals surface area contributed by atoms with Gasteiger partial charge in [-0.05, 0) is 73.3 Å². The molecule has 4 heteroatoms. The maximum Gasteiger partial charge on any atom is 0.166 e. The van der Waals surface area contributed by atoms with E-state index in [1.165, 1.54) is 18.9 Å². The second kappa shape index (κ2) is 11.6. The van der Waals surface area contributed by atoms with Crippen LogP contribution in [0.15, 0.2) is 54.6 Å². The van der Waals surface area contributed by atoms with E-state index in [-0.39, 0.29) is 17.3 Å². The first-order valence-corrected chi connectivity index (χ1v) is 12.7. The number of rotatable bonds is 8. The van der Waals surface area contributed by atoms with Crippen LogP contribution < -0.4 is 4.74 Å². The van der Waals surface area contributed by atoms with Crippen LogP contribution in [0.3, 0.4) is 0 Å².